The van der Waals surface area contributed by atoms with E-state index in [0.717, 1.165) is 54.2 Å². The quantitative estimate of drug-likeness (QED) is 0.0397. The van der Waals surface area contributed by atoms with E-state index in [4.69, 9.17) is 16.3 Å². The molecule has 0 saturated heterocycles. The molecular weight excluding hydrogens is 704 g/mol. The van der Waals surface area contributed by atoms with Crippen LogP contribution >= 0.6 is 0 Å². The highest BCUT2D eigenvalue weighted by Crippen LogP contribution is 2.27. The number of ether oxygens (including phenoxy) is 1. The molecule has 13 nitrogen and oxygen atoms in total. The van der Waals surface area contributed by atoms with Crippen molar-refractivity contribution in [1.82, 2.24) is 21.5 Å². The normalized spacial score (nSPS) is 16.2. The van der Waals surface area contributed by atoms with Crippen molar-refractivity contribution < 1.29 is 28.3 Å². The summed E-state index contributed by atoms with van der Waals surface area (Å²) < 4.78 is 19.6. The summed E-state index contributed by atoms with van der Waals surface area (Å²) in [7, 11) is 1.69. The van der Waals surface area contributed by atoms with Crippen LogP contribution in [0.15, 0.2) is 65.8 Å². The van der Waals surface area contributed by atoms with Gasteiger partial charge in [0.2, 0.25) is 5.91 Å². The average Bonchev–Trinajstić information content (AvgIpc) is 3.13. The summed E-state index contributed by atoms with van der Waals surface area (Å²) in [5, 5.41) is 15.0. The molecule has 3 aromatic carbocycles. The second-order valence-corrected chi connectivity index (χ2v) is 15.0. The number of hydrazine groups is 1. The number of rotatable bonds is 13. The van der Waals surface area contributed by atoms with Gasteiger partial charge in [0.15, 0.2) is 5.84 Å². The van der Waals surface area contributed by atoms with Crippen LogP contribution in [0.25, 0.3) is 11.1 Å². The molecule has 9 N–H and O–H groups in total. The van der Waals surface area contributed by atoms with Crippen molar-refractivity contribution >= 4 is 35.7 Å². The van der Waals surface area contributed by atoms with Gasteiger partial charge in [0.25, 0.3) is 5.91 Å². The van der Waals surface area contributed by atoms with E-state index in [-0.39, 0.29) is 41.3 Å². The number of anilines is 1. The van der Waals surface area contributed by atoms with Gasteiger partial charge in [-0.15, -0.1) is 5.10 Å². The van der Waals surface area contributed by atoms with E-state index in [1.54, 1.807) is 7.05 Å². The molecule has 1 saturated carbocycles. The summed E-state index contributed by atoms with van der Waals surface area (Å²) in [5.41, 5.74) is 12.2. The fourth-order valence-electron chi connectivity index (χ4n) is 6.09. The highest BCUT2D eigenvalue weighted by Gasteiger charge is 2.23. The molecule has 55 heavy (non-hydrogen) atoms. The van der Waals surface area contributed by atoms with Gasteiger partial charge >= 0.3 is 6.09 Å². The predicted octanol–water partition coefficient (Wildman–Crippen LogP) is 5.31. The third kappa shape index (κ3) is 14.4. The number of likely N-dealkylation sites (N-methyl/N-ethyl adjacent to an activating group) is 1. The van der Waals surface area contributed by atoms with Crippen LogP contribution in [0.3, 0.4) is 0 Å². The first-order chi connectivity index (χ1) is 26.0. The van der Waals surface area contributed by atoms with Crippen LogP contribution < -0.4 is 38.4 Å². The molecule has 1 aliphatic carbocycles. The molecule has 0 unspecified atom stereocenters. The van der Waals surface area contributed by atoms with E-state index < -0.39 is 17.5 Å². The third-order valence-electron chi connectivity index (χ3n) is 8.99. The van der Waals surface area contributed by atoms with Gasteiger partial charge in [-0.1, -0.05) is 30.3 Å². The first kappa shape index (κ1) is 44.1. The molecule has 1 fully saturated rings. The number of halogens is 1. The smallest absolute Gasteiger partial charge is 0.407 e. The van der Waals surface area contributed by atoms with Crippen molar-refractivity contribution in [3.05, 3.63) is 88.7 Å². The molecule has 4 rings (SSSR count). The number of hydrogen-bond acceptors (Lipinski definition) is 9. The number of hydrazone groups is 1. The van der Waals surface area contributed by atoms with Crippen molar-refractivity contribution in [2.24, 2.45) is 28.5 Å². The summed E-state index contributed by atoms with van der Waals surface area (Å²) in [5.74, 6) is 4.65. The van der Waals surface area contributed by atoms with Crippen LogP contribution in [-0.4, -0.2) is 61.3 Å². The van der Waals surface area contributed by atoms with Gasteiger partial charge in [-0.25, -0.2) is 20.6 Å². The molecule has 1 aliphatic rings. The topological polar surface area (TPSA) is 202 Å². The minimum absolute atomic E-state index is 0.0647. The van der Waals surface area contributed by atoms with Crippen molar-refractivity contribution in [3.63, 3.8) is 0 Å². The summed E-state index contributed by atoms with van der Waals surface area (Å²) in [6.45, 7) is 12.0. The molecule has 0 aliphatic heterocycles. The largest absolute Gasteiger partial charge is 0.444 e. The van der Waals surface area contributed by atoms with Crippen molar-refractivity contribution in [2.75, 3.05) is 18.9 Å². The Morgan fingerprint density at radius 2 is 1.67 bits per heavy atom. The Bertz CT molecular complexity index is 1780. The van der Waals surface area contributed by atoms with Crippen LogP contribution in [0.5, 0.6) is 0 Å². The first-order valence-electron chi connectivity index (χ1n) is 18.5. The second kappa shape index (κ2) is 20.9. The lowest BCUT2D eigenvalue weighted by Crippen LogP contribution is -2.40. The lowest BCUT2D eigenvalue weighted by Gasteiger charge is -2.26. The van der Waals surface area contributed by atoms with Gasteiger partial charge in [-0.3, -0.25) is 9.59 Å². The Balaban J connectivity index is 0.000000399. The minimum Gasteiger partial charge on any atom is -0.444 e. The molecule has 3 amide bonds. The second-order valence-electron chi connectivity index (χ2n) is 15.0. The number of aryl methyl sites for hydroxylation is 1. The summed E-state index contributed by atoms with van der Waals surface area (Å²) in [4.78, 5) is 47.2. The minimum atomic E-state index is -0.639. The number of alkyl carbamates (subject to hydrolysis) is 1. The lowest BCUT2D eigenvalue weighted by molar-refractivity contribution is -0.118. The number of nitrogens with zero attached hydrogens (tertiary/aromatic N) is 1. The molecule has 14 heteroatoms. The zero-order valence-corrected chi connectivity index (χ0v) is 32.9. The van der Waals surface area contributed by atoms with Crippen LogP contribution in [0.4, 0.5) is 14.9 Å². The zero-order valence-electron chi connectivity index (χ0n) is 32.9. The molecule has 0 aromatic heterocycles. The maximum absolute atomic E-state index is 14.4. The Morgan fingerprint density at radius 3 is 2.22 bits per heavy atom. The SMILES string of the molecule is CC(C)(C)OC(=O)NCC1CCC(C=O)CC1.CN[C@@H](Cc1ccc(-c2ccc(C(=O)NC(C)C)cc2C)cc1)C(=O)Nc1ccc(/C(N)=N/NN)c(F)c1. The Labute approximate surface area is 323 Å². The number of aldehydes is 1. The Morgan fingerprint density at radius 1 is 1.00 bits per heavy atom. The molecule has 0 radical (unpaired) electrons. The average molecular weight is 761 g/mol. The summed E-state index contributed by atoms with van der Waals surface area (Å²) >= 11 is 0. The highest BCUT2D eigenvalue weighted by molar-refractivity contribution is 5.99. The van der Waals surface area contributed by atoms with E-state index in [0.29, 0.717) is 30.1 Å². The third-order valence-corrected chi connectivity index (χ3v) is 8.99. The Hall–Kier alpha value is -5.34. The molecule has 0 bridgehead atoms. The maximum atomic E-state index is 14.4. The van der Waals surface area contributed by atoms with E-state index in [2.05, 4.69) is 26.4 Å². The van der Waals surface area contributed by atoms with Gasteiger partial charge in [-0.2, -0.15) is 0 Å². The fraction of sp³-hybridized carbons (Fsp3) is 0.439. The molecule has 1 atom stereocenters. The van der Waals surface area contributed by atoms with Crippen LogP contribution in [-0.2, 0) is 20.7 Å². The van der Waals surface area contributed by atoms with E-state index >= 15 is 0 Å². The number of amides is 3. The summed E-state index contributed by atoms with van der Waals surface area (Å²) in [6.07, 6.45) is 5.05. The molecular formula is C41H57FN8O5. The highest BCUT2D eigenvalue weighted by atomic mass is 19.1. The van der Waals surface area contributed by atoms with Crippen molar-refractivity contribution in [1.29, 1.82) is 0 Å². The molecule has 298 valence electrons. The number of hydrogen-bond donors (Lipinski definition) is 7. The van der Waals surface area contributed by atoms with Crippen molar-refractivity contribution in [2.45, 2.75) is 91.3 Å². The van der Waals surface area contributed by atoms with Gasteiger partial charge in [0.05, 0.1) is 11.6 Å². The Kier molecular flexibility index (Phi) is 16.8. The number of amidine groups is 1. The number of nitrogens with one attached hydrogen (secondary N) is 5. The van der Waals surface area contributed by atoms with Gasteiger partial charge in [0, 0.05) is 29.8 Å². The van der Waals surface area contributed by atoms with E-state index in [1.165, 1.54) is 18.2 Å². The standard InChI is InChI=1S/C28H34FN7O2.C13H23NO3/c1-16(2)33-27(37)20-9-11-22(17(3)13-20)19-7-5-18(6-8-19)14-25(32-4)28(38)34-21-10-12-23(24(29)15-21)26(30)35-36-31;1-13(2,3)17-12(16)14-8-10-4-6-11(9-15)7-5-10/h5-13,15-16,25,32,36H,14,31H2,1-4H3,(H2,30,35)(H,33,37)(H,34,38);9-11H,4-8H2,1-3H3,(H,14,16)/t25-;/m0./s1. The monoisotopic (exact) mass is 760 g/mol. The summed E-state index contributed by atoms with van der Waals surface area (Å²) in [6, 6.07) is 17.2. The predicted molar refractivity (Wildman–Crippen MR) is 215 cm³/mol. The number of carbonyl (C=O) groups excluding carboxylic acids is 4. The zero-order chi connectivity index (χ0) is 40.7. The van der Waals surface area contributed by atoms with Crippen LogP contribution in [0, 0.1) is 24.6 Å². The van der Waals surface area contributed by atoms with Crippen molar-refractivity contribution in [3.8, 4) is 11.1 Å². The van der Waals surface area contributed by atoms with E-state index in [9.17, 15) is 23.6 Å². The lowest BCUT2D eigenvalue weighted by atomic mass is 9.83. The van der Waals surface area contributed by atoms with Gasteiger partial charge in [-0.05, 0) is 139 Å². The van der Waals surface area contributed by atoms with Crippen LogP contribution in [0.1, 0.15) is 87.4 Å². The van der Waals surface area contributed by atoms with E-state index in [1.807, 2.05) is 89.5 Å². The van der Waals surface area contributed by atoms with Crippen LogP contribution in [0.2, 0.25) is 0 Å². The maximum Gasteiger partial charge on any atom is 0.407 e. The number of benzene rings is 3. The fourth-order valence-corrected chi connectivity index (χ4v) is 6.09. The molecule has 3 aromatic rings. The number of nitrogens with two attached hydrogens (primary N) is 2. The molecule has 0 spiro atoms. The van der Waals surface area contributed by atoms with Gasteiger partial charge in [0.1, 0.15) is 17.7 Å². The molecule has 0 heterocycles. The number of carbonyl (C=O) groups is 4. The first-order valence-corrected chi connectivity index (χ1v) is 18.5. The van der Waals surface area contributed by atoms with Gasteiger partial charge < -0.3 is 36.5 Å².